The first-order valence-corrected chi connectivity index (χ1v) is 10.4. The number of carbonyl (C=O) groups excluding carboxylic acids is 1. The number of amides is 1. The highest BCUT2D eigenvalue weighted by Gasteiger charge is 2.29. The van der Waals surface area contributed by atoms with Crippen LogP contribution in [-0.4, -0.2) is 45.3 Å². The molecule has 0 atom stereocenters. The number of benzene rings is 1. The first kappa shape index (κ1) is 19.9. The molecule has 25 heavy (non-hydrogen) atoms. The fourth-order valence-electron chi connectivity index (χ4n) is 3.19. The van der Waals surface area contributed by atoms with E-state index in [0.717, 1.165) is 38.6 Å². The van der Waals surface area contributed by atoms with Crippen molar-refractivity contribution >= 4 is 21.6 Å². The Balaban J connectivity index is 2.07. The zero-order chi connectivity index (χ0) is 18.3. The lowest BCUT2D eigenvalue weighted by Crippen LogP contribution is -2.38. The van der Waals surface area contributed by atoms with Gasteiger partial charge < -0.3 is 10.6 Å². The van der Waals surface area contributed by atoms with Crippen molar-refractivity contribution in [1.29, 1.82) is 0 Å². The molecule has 6 nitrogen and oxygen atoms in total. The number of sulfonamides is 1. The molecule has 1 aromatic carbocycles. The van der Waals surface area contributed by atoms with E-state index in [2.05, 4.69) is 10.6 Å². The number of nitrogens with one attached hydrogen (secondary N) is 2. The highest BCUT2D eigenvalue weighted by atomic mass is 32.2. The molecule has 0 saturated heterocycles. The second-order valence-corrected chi connectivity index (χ2v) is 8.59. The number of anilines is 1. The summed E-state index contributed by atoms with van der Waals surface area (Å²) in [5, 5.41) is 5.78. The average Bonchev–Trinajstić information content (AvgIpc) is 2.62. The first-order valence-electron chi connectivity index (χ1n) is 8.97. The van der Waals surface area contributed by atoms with Crippen LogP contribution in [0.4, 0.5) is 5.69 Å². The van der Waals surface area contributed by atoms with Crippen molar-refractivity contribution in [1.82, 2.24) is 9.62 Å². The van der Waals surface area contributed by atoms with Crippen molar-refractivity contribution < 1.29 is 13.2 Å². The van der Waals surface area contributed by atoms with Crippen molar-refractivity contribution in [3.63, 3.8) is 0 Å². The third-order valence-corrected chi connectivity index (χ3v) is 6.62. The van der Waals surface area contributed by atoms with Crippen molar-refractivity contribution in [2.24, 2.45) is 0 Å². The molecular weight excluding hydrogens is 338 g/mol. The van der Waals surface area contributed by atoms with Gasteiger partial charge in [0.15, 0.2) is 0 Å². The van der Waals surface area contributed by atoms with E-state index in [1.165, 1.54) is 10.7 Å². The Bertz CT molecular complexity index is 670. The van der Waals surface area contributed by atoms with Crippen LogP contribution in [-0.2, 0) is 14.8 Å². The van der Waals surface area contributed by atoms with Crippen LogP contribution >= 0.6 is 0 Å². The smallest absolute Gasteiger partial charge is 0.243 e. The van der Waals surface area contributed by atoms with E-state index in [1.54, 1.807) is 31.3 Å². The predicted octanol–water partition coefficient (Wildman–Crippen LogP) is 2.58. The maximum absolute atomic E-state index is 12.9. The predicted molar refractivity (Wildman–Crippen MR) is 100 cm³/mol. The van der Waals surface area contributed by atoms with Gasteiger partial charge in [-0.25, -0.2) is 8.42 Å². The van der Waals surface area contributed by atoms with E-state index in [0.29, 0.717) is 12.1 Å². The molecule has 7 heteroatoms. The molecule has 0 radical (unpaired) electrons. The van der Waals surface area contributed by atoms with Gasteiger partial charge in [-0.1, -0.05) is 25.3 Å². The molecule has 1 aliphatic rings. The van der Waals surface area contributed by atoms with Gasteiger partial charge in [0, 0.05) is 25.2 Å². The first-order chi connectivity index (χ1) is 11.9. The standard InChI is InChI=1S/C18H29N3O3S/c1-19-13-7-12-18(22)20-15-8-6-11-17(14-15)25(23,24)21(2)16-9-4-3-5-10-16/h6,8,11,14,16,19H,3-5,7,9-10,12-13H2,1-2H3,(H,20,22). The Morgan fingerprint density at radius 1 is 1.24 bits per heavy atom. The summed E-state index contributed by atoms with van der Waals surface area (Å²) >= 11 is 0. The molecule has 0 bridgehead atoms. The second kappa shape index (κ2) is 9.31. The summed E-state index contributed by atoms with van der Waals surface area (Å²) in [7, 11) is -0.0424. The summed E-state index contributed by atoms with van der Waals surface area (Å²) in [6.45, 7) is 0.772. The molecule has 1 aliphatic carbocycles. The van der Waals surface area contributed by atoms with Crippen LogP contribution in [0.5, 0.6) is 0 Å². The fraction of sp³-hybridized carbons (Fsp3) is 0.611. The molecule has 140 valence electrons. The van der Waals surface area contributed by atoms with E-state index >= 15 is 0 Å². The number of rotatable bonds is 8. The quantitative estimate of drug-likeness (QED) is 0.692. The molecule has 0 unspecified atom stereocenters. The van der Waals surface area contributed by atoms with Crippen LogP contribution in [0.15, 0.2) is 29.2 Å². The molecule has 0 heterocycles. The maximum atomic E-state index is 12.9. The number of hydrogen-bond acceptors (Lipinski definition) is 4. The highest BCUT2D eigenvalue weighted by Crippen LogP contribution is 2.27. The molecule has 1 aromatic rings. The summed E-state index contributed by atoms with van der Waals surface area (Å²) in [4.78, 5) is 12.2. The minimum absolute atomic E-state index is 0.0681. The van der Waals surface area contributed by atoms with Crippen LogP contribution in [0.25, 0.3) is 0 Å². The van der Waals surface area contributed by atoms with Crippen LogP contribution in [0.2, 0.25) is 0 Å². The molecule has 2 N–H and O–H groups in total. The fourth-order valence-corrected chi connectivity index (χ4v) is 4.65. The summed E-state index contributed by atoms with van der Waals surface area (Å²) < 4.78 is 27.3. The minimum Gasteiger partial charge on any atom is -0.326 e. The van der Waals surface area contributed by atoms with E-state index in [9.17, 15) is 13.2 Å². The van der Waals surface area contributed by atoms with E-state index in [4.69, 9.17) is 0 Å². The van der Waals surface area contributed by atoms with Gasteiger partial charge in [-0.05, 0) is 51.1 Å². The molecule has 2 rings (SSSR count). The van der Waals surface area contributed by atoms with E-state index in [1.807, 2.05) is 7.05 Å². The molecule has 1 fully saturated rings. The number of nitrogens with zero attached hydrogens (tertiary/aromatic N) is 1. The lowest BCUT2D eigenvalue weighted by Gasteiger charge is -2.30. The van der Waals surface area contributed by atoms with Crippen molar-refractivity contribution in [3.8, 4) is 0 Å². The Morgan fingerprint density at radius 3 is 2.64 bits per heavy atom. The van der Waals surface area contributed by atoms with Gasteiger partial charge in [-0.2, -0.15) is 4.31 Å². The third kappa shape index (κ3) is 5.52. The van der Waals surface area contributed by atoms with Gasteiger partial charge in [0.2, 0.25) is 15.9 Å². The van der Waals surface area contributed by atoms with Crippen LogP contribution in [0, 0.1) is 0 Å². The SMILES string of the molecule is CNCCCC(=O)Nc1cccc(S(=O)(=O)N(C)C2CCCCC2)c1. The van der Waals surface area contributed by atoms with Crippen LogP contribution < -0.4 is 10.6 Å². The van der Waals surface area contributed by atoms with Gasteiger partial charge >= 0.3 is 0 Å². The highest BCUT2D eigenvalue weighted by molar-refractivity contribution is 7.89. The van der Waals surface area contributed by atoms with Gasteiger partial charge in [0.05, 0.1) is 4.90 Å². The maximum Gasteiger partial charge on any atom is 0.243 e. The molecular formula is C18H29N3O3S. The summed E-state index contributed by atoms with van der Waals surface area (Å²) in [6.07, 6.45) is 6.31. The largest absolute Gasteiger partial charge is 0.326 e. The van der Waals surface area contributed by atoms with Crippen molar-refractivity contribution in [3.05, 3.63) is 24.3 Å². The molecule has 0 aliphatic heterocycles. The molecule has 0 aromatic heterocycles. The lowest BCUT2D eigenvalue weighted by atomic mass is 9.96. The lowest BCUT2D eigenvalue weighted by molar-refractivity contribution is -0.116. The van der Waals surface area contributed by atoms with Crippen LogP contribution in [0.1, 0.15) is 44.9 Å². The Labute approximate surface area is 151 Å². The zero-order valence-corrected chi connectivity index (χ0v) is 15.9. The Morgan fingerprint density at radius 2 is 1.96 bits per heavy atom. The average molecular weight is 368 g/mol. The van der Waals surface area contributed by atoms with Gasteiger partial charge in [-0.15, -0.1) is 0 Å². The van der Waals surface area contributed by atoms with Crippen molar-refractivity contribution in [2.45, 2.75) is 55.9 Å². The third-order valence-electron chi connectivity index (χ3n) is 4.71. The van der Waals surface area contributed by atoms with Crippen molar-refractivity contribution in [2.75, 3.05) is 26.0 Å². The Kier molecular flexibility index (Phi) is 7.40. The van der Waals surface area contributed by atoms with E-state index in [-0.39, 0.29) is 16.8 Å². The number of hydrogen-bond donors (Lipinski definition) is 2. The van der Waals surface area contributed by atoms with Gasteiger partial charge in [0.1, 0.15) is 0 Å². The van der Waals surface area contributed by atoms with Crippen LogP contribution in [0.3, 0.4) is 0 Å². The second-order valence-electron chi connectivity index (χ2n) is 6.60. The summed E-state index contributed by atoms with van der Waals surface area (Å²) in [6, 6.07) is 6.59. The minimum atomic E-state index is -3.55. The summed E-state index contributed by atoms with van der Waals surface area (Å²) in [5.74, 6) is -0.106. The normalized spacial score (nSPS) is 16.1. The zero-order valence-electron chi connectivity index (χ0n) is 15.1. The van der Waals surface area contributed by atoms with Gasteiger partial charge in [0.25, 0.3) is 0 Å². The van der Waals surface area contributed by atoms with E-state index < -0.39 is 10.0 Å². The topological polar surface area (TPSA) is 78.5 Å². The molecule has 1 saturated carbocycles. The molecule has 1 amide bonds. The number of carbonyl (C=O) groups is 1. The van der Waals surface area contributed by atoms with Gasteiger partial charge in [-0.3, -0.25) is 4.79 Å². The monoisotopic (exact) mass is 367 g/mol. The Hall–Kier alpha value is -1.44. The molecule has 0 spiro atoms. The summed E-state index contributed by atoms with van der Waals surface area (Å²) in [5.41, 5.74) is 0.521.